The largest absolute Gasteiger partial charge is 0.493 e. The summed E-state index contributed by atoms with van der Waals surface area (Å²) in [6.45, 7) is 4.74. The van der Waals surface area contributed by atoms with Gasteiger partial charge in [0.15, 0.2) is 5.65 Å². The molecule has 0 saturated heterocycles. The Balaban J connectivity index is 2.16. The van der Waals surface area contributed by atoms with Gasteiger partial charge < -0.3 is 16.2 Å². The number of fused-ring (bicyclic) bond motifs is 1. The second kappa shape index (κ2) is 6.49. The van der Waals surface area contributed by atoms with E-state index in [1.807, 2.05) is 18.2 Å². The summed E-state index contributed by atoms with van der Waals surface area (Å²) in [5, 5.41) is 1.27. The number of nitrogens with zero attached hydrogens (tertiary/aromatic N) is 3. The van der Waals surface area contributed by atoms with E-state index >= 15 is 0 Å². The summed E-state index contributed by atoms with van der Waals surface area (Å²) < 4.78 is 5.90. The minimum Gasteiger partial charge on any atom is -0.493 e. The van der Waals surface area contributed by atoms with Crippen LogP contribution >= 0.6 is 11.6 Å². The van der Waals surface area contributed by atoms with Crippen molar-refractivity contribution >= 4 is 34.4 Å². The Bertz CT molecular complexity index is 898. The smallest absolute Gasteiger partial charge is 0.222 e. The van der Waals surface area contributed by atoms with Gasteiger partial charge in [-0.2, -0.15) is 4.98 Å². The number of hydrogen-bond donors (Lipinski definition) is 2. The van der Waals surface area contributed by atoms with E-state index in [1.165, 1.54) is 0 Å². The lowest BCUT2D eigenvalue weighted by Crippen LogP contribution is -2.06. The fourth-order valence-corrected chi connectivity index (χ4v) is 2.60. The predicted molar refractivity (Wildman–Crippen MR) is 96.9 cm³/mol. The lowest BCUT2D eigenvalue weighted by molar-refractivity contribution is 0.272. The first-order valence-corrected chi connectivity index (χ1v) is 7.94. The van der Waals surface area contributed by atoms with Crippen molar-refractivity contribution in [3.8, 4) is 16.9 Å². The highest BCUT2D eigenvalue weighted by Crippen LogP contribution is 2.40. The number of hydrogen-bond acceptors (Lipinski definition) is 6. The summed E-state index contributed by atoms with van der Waals surface area (Å²) in [7, 11) is 0. The van der Waals surface area contributed by atoms with Crippen molar-refractivity contribution in [2.75, 3.05) is 18.1 Å². The van der Waals surface area contributed by atoms with Gasteiger partial charge in [0.2, 0.25) is 5.95 Å². The summed E-state index contributed by atoms with van der Waals surface area (Å²) in [4.78, 5) is 12.4. The second-order valence-electron chi connectivity index (χ2n) is 5.88. The highest BCUT2D eigenvalue weighted by molar-refractivity contribution is 6.34. The molecule has 0 spiro atoms. The van der Waals surface area contributed by atoms with Crippen LogP contribution in [-0.4, -0.2) is 21.6 Å². The maximum absolute atomic E-state index is 6.41. The van der Waals surface area contributed by atoms with Crippen LogP contribution in [-0.2, 0) is 0 Å². The summed E-state index contributed by atoms with van der Waals surface area (Å²) in [5.74, 6) is 1.52. The fourth-order valence-electron chi connectivity index (χ4n) is 2.33. The molecule has 2 aromatic heterocycles. The molecule has 4 N–H and O–H groups in total. The molecule has 1 aromatic carbocycles. The highest BCUT2D eigenvalue weighted by Gasteiger charge is 2.16. The molecule has 7 heteroatoms. The number of rotatable bonds is 4. The second-order valence-corrected chi connectivity index (χ2v) is 6.29. The van der Waals surface area contributed by atoms with E-state index in [1.54, 1.807) is 12.3 Å². The number of anilines is 2. The first-order chi connectivity index (χ1) is 11.5. The Labute approximate surface area is 144 Å². The van der Waals surface area contributed by atoms with Gasteiger partial charge in [-0.25, -0.2) is 9.97 Å². The third-order valence-electron chi connectivity index (χ3n) is 3.43. The van der Waals surface area contributed by atoms with E-state index in [0.717, 1.165) is 5.39 Å². The number of nitrogen functional groups attached to an aromatic ring is 2. The molecule has 0 aliphatic carbocycles. The van der Waals surface area contributed by atoms with Gasteiger partial charge in [-0.3, -0.25) is 0 Å². The van der Waals surface area contributed by atoms with Gasteiger partial charge in [0.1, 0.15) is 11.6 Å². The third kappa shape index (κ3) is 3.19. The van der Waals surface area contributed by atoms with E-state index in [9.17, 15) is 0 Å². The number of ether oxygens (including phenoxy) is 1. The Morgan fingerprint density at radius 3 is 2.75 bits per heavy atom. The molecule has 0 aliphatic heterocycles. The van der Waals surface area contributed by atoms with Crippen molar-refractivity contribution < 1.29 is 4.74 Å². The molecule has 0 saturated carbocycles. The molecule has 124 valence electrons. The molecule has 0 atom stereocenters. The normalized spacial score (nSPS) is 11.2. The van der Waals surface area contributed by atoms with Crippen molar-refractivity contribution in [2.45, 2.75) is 13.8 Å². The molecule has 0 radical (unpaired) electrons. The average molecular weight is 344 g/mol. The summed E-state index contributed by atoms with van der Waals surface area (Å²) >= 11 is 6.41. The van der Waals surface area contributed by atoms with Crippen molar-refractivity contribution in [1.82, 2.24) is 15.0 Å². The summed E-state index contributed by atoms with van der Waals surface area (Å²) in [6, 6.07) is 7.35. The van der Waals surface area contributed by atoms with Crippen molar-refractivity contribution in [2.24, 2.45) is 5.92 Å². The lowest BCUT2D eigenvalue weighted by Gasteiger charge is -2.16. The summed E-state index contributed by atoms with van der Waals surface area (Å²) in [5.41, 5.74) is 13.6. The van der Waals surface area contributed by atoms with Crippen LogP contribution in [0.5, 0.6) is 5.75 Å². The van der Waals surface area contributed by atoms with Gasteiger partial charge in [0, 0.05) is 22.7 Å². The standard InChI is InChI=1S/C17H18ClN5O/c1-9(2)8-24-13-5-3-4-12(18)14(13)11-6-10-7-21-17(20)23-16(10)22-15(11)19/h3-7,9H,8H2,1-2H3,(H4,19,20,21,22,23). The SMILES string of the molecule is CC(C)COc1cccc(Cl)c1-c1cc2cnc(N)nc2nc1N. The van der Waals surface area contributed by atoms with Crippen LogP contribution in [0.2, 0.25) is 5.02 Å². The number of halogens is 1. The van der Waals surface area contributed by atoms with Crippen LogP contribution in [0.4, 0.5) is 11.8 Å². The first kappa shape index (κ1) is 16.3. The molecule has 0 bridgehead atoms. The Morgan fingerprint density at radius 1 is 1.21 bits per heavy atom. The molecule has 2 heterocycles. The van der Waals surface area contributed by atoms with E-state index in [4.69, 9.17) is 27.8 Å². The highest BCUT2D eigenvalue weighted by atomic mass is 35.5. The maximum atomic E-state index is 6.41. The molecule has 3 aromatic rings. The molecular weight excluding hydrogens is 326 g/mol. The number of nitrogens with two attached hydrogens (primary N) is 2. The third-order valence-corrected chi connectivity index (χ3v) is 3.75. The van der Waals surface area contributed by atoms with Crippen LogP contribution in [0.1, 0.15) is 13.8 Å². The molecule has 3 rings (SSSR count). The van der Waals surface area contributed by atoms with E-state index in [2.05, 4.69) is 28.8 Å². The lowest BCUT2D eigenvalue weighted by atomic mass is 10.0. The maximum Gasteiger partial charge on any atom is 0.222 e. The van der Waals surface area contributed by atoms with E-state index in [0.29, 0.717) is 45.9 Å². The quantitative estimate of drug-likeness (QED) is 0.751. The topological polar surface area (TPSA) is 99.9 Å². The van der Waals surface area contributed by atoms with Crippen LogP contribution in [0.25, 0.3) is 22.2 Å². The van der Waals surface area contributed by atoms with Gasteiger partial charge in [-0.15, -0.1) is 0 Å². The fraction of sp³-hybridized carbons (Fsp3) is 0.235. The van der Waals surface area contributed by atoms with Gasteiger partial charge in [-0.05, 0) is 24.1 Å². The molecular formula is C17H18ClN5O. The monoisotopic (exact) mass is 343 g/mol. The van der Waals surface area contributed by atoms with Gasteiger partial charge in [0.25, 0.3) is 0 Å². The van der Waals surface area contributed by atoms with Crippen molar-refractivity contribution in [3.63, 3.8) is 0 Å². The van der Waals surface area contributed by atoms with Gasteiger partial charge >= 0.3 is 0 Å². The molecule has 24 heavy (non-hydrogen) atoms. The zero-order chi connectivity index (χ0) is 17.3. The van der Waals surface area contributed by atoms with Crippen LogP contribution in [0, 0.1) is 5.92 Å². The van der Waals surface area contributed by atoms with E-state index in [-0.39, 0.29) is 5.95 Å². The molecule has 0 unspecified atom stereocenters. The minimum atomic E-state index is 0.154. The molecule has 6 nitrogen and oxygen atoms in total. The number of aromatic nitrogens is 3. The molecule has 0 fully saturated rings. The van der Waals surface area contributed by atoms with Crippen molar-refractivity contribution in [3.05, 3.63) is 35.5 Å². The minimum absolute atomic E-state index is 0.154. The van der Waals surface area contributed by atoms with Crippen LogP contribution in [0.15, 0.2) is 30.5 Å². The van der Waals surface area contributed by atoms with Crippen molar-refractivity contribution in [1.29, 1.82) is 0 Å². The van der Waals surface area contributed by atoms with E-state index < -0.39 is 0 Å². The summed E-state index contributed by atoms with van der Waals surface area (Å²) in [6.07, 6.45) is 1.61. The number of benzene rings is 1. The van der Waals surface area contributed by atoms with Gasteiger partial charge in [0.05, 0.1) is 11.6 Å². The molecule has 0 amide bonds. The Kier molecular flexibility index (Phi) is 4.40. The van der Waals surface area contributed by atoms with Crippen LogP contribution < -0.4 is 16.2 Å². The van der Waals surface area contributed by atoms with Crippen LogP contribution in [0.3, 0.4) is 0 Å². The zero-order valence-electron chi connectivity index (χ0n) is 13.5. The van der Waals surface area contributed by atoms with Gasteiger partial charge in [-0.1, -0.05) is 31.5 Å². The first-order valence-electron chi connectivity index (χ1n) is 7.56. The predicted octanol–water partition coefficient (Wildman–Crippen LogP) is 3.54. The number of pyridine rings is 1. The zero-order valence-corrected chi connectivity index (χ0v) is 14.2. The Hall–Kier alpha value is -2.60. The molecule has 0 aliphatic rings. The Morgan fingerprint density at radius 2 is 2.00 bits per heavy atom. The average Bonchev–Trinajstić information content (AvgIpc) is 2.52.